The maximum atomic E-state index is 5.62. The molecule has 0 aliphatic rings. The third-order valence-electron chi connectivity index (χ3n) is 2.76. The van der Waals surface area contributed by atoms with Crippen LogP contribution in [0, 0.1) is 0 Å². The summed E-state index contributed by atoms with van der Waals surface area (Å²) in [7, 11) is 3.61. The summed E-state index contributed by atoms with van der Waals surface area (Å²) < 4.78 is 11.9. The quantitative estimate of drug-likeness (QED) is 0.824. The normalized spacial score (nSPS) is 11.5. The minimum Gasteiger partial charge on any atom is -0.492 e. The molecule has 0 bridgehead atoms. The Labute approximate surface area is 124 Å². The standard InChI is InChI=1S/C15H22BrNO2/c1-5-11(10-17-3)7-12-8-13(16)15(18-4)14(9-12)19-6-2/h7-9,17H,5-6,10H2,1-4H3. The van der Waals surface area contributed by atoms with Gasteiger partial charge >= 0.3 is 0 Å². The Morgan fingerprint density at radius 3 is 2.63 bits per heavy atom. The number of rotatable bonds is 7. The van der Waals surface area contributed by atoms with Crippen molar-refractivity contribution in [3.63, 3.8) is 0 Å². The number of methoxy groups -OCH3 is 1. The Kier molecular flexibility index (Phi) is 6.95. The largest absolute Gasteiger partial charge is 0.492 e. The van der Waals surface area contributed by atoms with E-state index in [1.54, 1.807) is 7.11 Å². The second-order valence-corrected chi connectivity index (χ2v) is 5.01. The lowest BCUT2D eigenvalue weighted by atomic mass is 10.1. The minimum absolute atomic E-state index is 0.618. The van der Waals surface area contributed by atoms with Gasteiger partial charge in [0.05, 0.1) is 18.2 Å². The lowest BCUT2D eigenvalue weighted by Crippen LogP contribution is -2.09. The fraction of sp³-hybridized carbons (Fsp3) is 0.467. The van der Waals surface area contributed by atoms with E-state index in [1.807, 2.05) is 26.1 Å². The predicted molar refractivity (Wildman–Crippen MR) is 84.1 cm³/mol. The molecule has 3 nitrogen and oxygen atoms in total. The molecule has 1 aromatic carbocycles. The van der Waals surface area contributed by atoms with Gasteiger partial charge in [-0.2, -0.15) is 0 Å². The molecule has 0 spiro atoms. The van der Waals surface area contributed by atoms with Crippen LogP contribution in [0.15, 0.2) is 22.2 Å². The molecule has 0 amide bonds. The summed E-state index contributed by atoms with van der Waals surface area (Å²) >= 11 is 3.53. The molecule has 0 aliphatic carbocycles. The maximum Gasteiger partial charge on any atom is 0.174 e. The van der Waals surface area contributed by atoms with Gasteiger partial charge in [-0.15, -0.1) is 0 Å². The van der Waals surface area contributed by atoms with Crippen LogP contribution in [0.4, 0.5) is 0 Å². The van der Waals surface area contributed by atoms with Gasteiger partial charge in [0.15, 0.2) is 11.5 Å². The molecule has 0 aromatic heterocycles. The SMILES string of the molecule is CCOc1cc(C=C(CC)CNC)cc(Br)c1OC. The van der Waals surface area contributed by atoms with Crippen molar-refractivity contribution in [1.82, 2.24) is 5.32 Å². The van der Waals surface area contributed by atoms with E-state index >= 15 is 0 Å². The molecule has 0 saturated heterocycles. The number of benzene rings is 1. The molecule has 0 atom stereocenters. The molecule has 1 rings (SSSR count). The Bertz CT molecular complexity index is 444. The Morgan fingerprint density at radius 2 is 2.11 bits per heavy atom. The summed E-state index contributed by atoms with van der Waals surface area (Å²) in [5.74, 6) is 1.51. The van der Waals surface area contributed by atoms with Gasteiger partial charge in [-0.05, 0) is 54.0 Å². The zero-order valence-corrected chi connectivity index (χ0v) is 13.6. The predicted octanol–water partition coefficient (Wildman–Crippen LogP) is 3.87. The van der Waals surface area contributed by atoms with Gasteiger partial charge in [-0.1, -0.05) is 18.6 Å². The first-order valence-corrected chi connectivity index (χ1v) is 7.29. The average Bonchev–Trinajstić information content (AvgIpc) is 2.38. The molecule has 0 heterocycles. The number of ether oxygens (including phenoxy) is 2. The van der Waals surface area contributed by atoms with Crippen molar-refractivity contribution >= 4 is 22.0 Å². The van der Waals surface area contributed by atoms with Gasteiger partial charge in [-0.25, -0.2) is 0 Å². The minimum atomic E-state index is 0.618. The van der Waals surface area contributed by atoms with Crippen LogP contribution in [0.1, 0.15) is 25.8 Å². The third kappa shape index (κ3) is 4.55. The average molecular weight is 328 g/mol. The van der Waals surface area contributed by atoms with Gasteiger partial charge in [0.25, 0.3) is 0 Å². The number of nitrogens with one attached hydrogen (secondary N) is 1. The molecule has 0 radical (unpaired) electrons. The number of halogens is 1. The zero-order chi connectivity index (χ0) is 14.3. The molecule has 106 valence electrons. The van der Waals surface area contributed by atoms with Gasteiger partial charge in [0, 0.05) is 6.54 Å². The summed E-state index contributed by atoms with van der Waals surface area (Å²) in [6.45, 7) is 5.64. The highest BCUT2D eigenvalue weighted by molar-refractivity contribution is 9.10. The number of hydrogen-bond acceptors (Lipinski definition) is 3. The van der Waals surface area contributed by atoms with Crippen LogP contribution in [0.5, 0.6) is 11.5 Å². The van der Waals surface area contributed by atoms with Crippen molar-refractivity contribution in [3.8, 4) is 11.5 Å². The van der Waals surface area contributed by atoms with E-state index in [0.717, 1.165) is 34.5 Å². The molecular weight excluding hydrogens is 306 g/mol. The van der Waals surface area contributed by atoms with Crippen molar-refractivity contribution in [3.05, 3.63) is 27.7 Å². The van der Waals surface area contributed by atoms with Crippen molar-refractivity contribution in [1.29, 1.82) is 0 Å². The summed E-state index contributed by atoms with van der Waals surface area (Å²) in [6, 6.07) is 4.06. The Morgan fingerprint density at radius 1 is 1.37 bits per heavy atom. The Balaban J connectivity index is 3.15. The van der Waals surface area contributed by atoms with E-state index in [0.29, 0.717) is 6.61 Å². The smallest absolute Gasteiger partial charge is 0.174 e. The topological polar surface area (TPSA) is 30.5 Å². The van der Waals surface area contributed by atoms with Crippen LogP contribution >= 0.6 is 15.9 Å². The van der Waals surface area contributed by atoms with E-state index in [2.05, 4.69) is 34.2 Å². The van der Waals surface area contributed by atoms with Crippen molar-refractivity contribution < 1.29 is 9.47 Å². The van der Waals surface area contributed by atoms with E-state index in [9.17, 15) is 0 Å². The van der Waals surface area contributed by atoms with Crippen LogP contribution in [-0.4, -0.2) is 27.3 Å². The fourth-order valence-corrected chi connectivity index (χ4v) is 2.49. The second-order valence-electron chi connectivity index (χ2n) is 4.15. The van der Waals surface area contributed by atoms with Crippen molar-refractivity contribution in [2.45, 2.75) is 20.3 Å². The van der Waals surface area contributed by atoms with Gasteiger partial charge in [0.1, 0.15) is 0 Å². The van der Waals surface area contributed by atoms with Gasteiger partial charge in [-0.3, -0.25) is 0 Å². The van der Waals surface area contributed by atoms with Crippen molar-refractivity contribution in [2.75, 3.05) is 27.3 Å². The third-order valence-corrected chi connectivity index (χ3v) is 3.35. The van der Waals surface area contributed by atoms with E-state index in [-0.39, 0.29) is 0 Å². The maximum absolute atomic E-state index is 5.62. The molecule has 0 fully saturated rings. The van der Waals surface area contributed by atoms with Crippen LogP contribution in [-0.2, 0) is 0 Å². The highest BCUT2D eigenvalue weighted by Gasteiger charge is 2.10. The monoisotopic (exact) mass is 327 g/mol. The highest BCUT2D eigenvalue weighted by atomic mass is 79.9. The lowest BCUT2D eigenvalue weighted by molar-refractivity contribution is 0.310. The first-order chi connectivity index (χ1) is 9.15. The van der Waals surface area contributed by atoms with Crippen LogP contribution in [0.2, 0.25) is 0 Å². The first kappa shape index (κ1) is 16.1. The molecule has 4 heteroatoms. The molecule has 19 heavy (non-hydrogen) atoms. The van der Waals surface area contributed by atoms with E-state index < -0.39 is 0 Å². The fourth-order valence-electron chi connectivity index (χ4n) is 1.87. The molecule has 0 saturated carbocycles. The zero-order valence-electron chi connectivity index (χ0n) is 12.0. The van der Waals surface area contributed by atoms with E-state index in [4.69, 9.17) is 9.47 Å². The molecule has 0 aliphatic heterocycles. The van der Waals surface area contributed by atoms with Gasteiger partial charge < -0.3 is 14.8 Å². The van der Waals surface area contributed by atoms with Gasteiger partial charge in [0.2, 0.25) is 0 Å². The van der Waals surface area contributed by atoms with Crippen LogP contribution in [0.3, 0.4) is 0 Å². The lowest BCUT2D eigenvalue weighted by Gasteiger charge is -2.12. The Hall–Kier alpha value is -1.00. The number of hydrogen-bond donors (Lipinski definition) is 1. The molecule has 0 unspecified atom stereocenters. The summed E-state index contributed by atoms with van der Waals surface area (Å²) in [5.41, 5.74) is 2.46. The molecule has 1 aromatic rings. The summed E-state index contributed by atoms with van der Waals surface area (Å²) in [4.78, 5) is 0. The summed E-state index contributed by atoms with van der Waals surface area (Å²) in [5, 5.41) is 3.18. The van der Waals surface area contributed by atoms with Crippen LogP contribution in [0.25, 0.3) is 6.08 Å². The molecule has 1 N–H and O–H groups in total. The number of likely N-dealkylation sites (N-methyl/N-ethyl adjacent to an activating group) is 1. The highest BCUT2D eigenvalue weighted by Crippen LogP contribution is 2.37. The second kappa shape index (κ2) is 8.23. The van der Waals surface area contributed by atoms with Crippen molar-refractivity contribution in [2.24, 2.45) is 0 Å². The molecular formula is C15H22BrNO2. The summed E-state index contributed by atoms with van der Waals surface area (Å²) in [6.07, 6.45) is 3.21. The first-order valence-electron chi connectivity index (χ1n) is 6.50. The van der Waals surface area contributed by atoms with Crippen LogP contribution < -0.4 is 14.8 Å². The van der Waals surface area contributed by atoms with E-state index in [1.165, 1.54) is 5.57 Å².